The Morgan fingerprint density at radius 2 is 1.95 bits per heavy atom. The molecular formula is C27H30N8O2. The molecule has 0 saturated carbocycles. The van der Waals surface area contributed by atoms with Crippen molar-refractivity contribution >= 4 is 39.9 Å². The minimum Gasteiger partial charge on any atom is -0.497 e. The molecule has 0 bridgehead atoms. The lowest BCUT2D eigenvalue weighted by molar-refractivity contribution is 0.177. The van der Waals surface area contributed by atoms with Crippen LogP contribution in [0.5, 0.6) is 5.75 Å². The zero-order valence-electron chi connectivity index (χ0n) is 21.0. The van der Waals surface area contributed by atoms with Crippen LogP contribution in [-0.4, -0.2) is 63.9 Å². The summed E-state index contributed by atoms with van der Waals surface area (Å²) in [6.45, 7) is 4.40. The molecule has 1 fully saturated rings. The Morgan fingerprint density at radius 1 is 1.08 bits per heavy atom. The van der Waals surface area contributed by atoms with Crippen molar-refractivity contribution < 1.29 is 9.53 Å². The number of aryl methyl sites for hydroxylation is 1. The Balaban J connectivity index is 1.10. The zero-order valence-corrected chi connectivity index (χ0v) is 21.0. The first-order valence-electron chi connectivity index (χ1n) is 12.6. The van der Waals surface area contributed by atoms with Crippen LogP contribution in [0.15, 0.2) is 48.9 Å². The third kappa shape index (κ3) is 4.62. The number of anilines is 4. The van der Waals surface area contributed by atoms with Gasteiger partial charge in [-0.15, -0.1) is 0 Å². The van der Waals surface area contributed by atoms with E-state index in [0.29, 0.717) is 6.54 Å². The first-order chi connectivity index (χ1) is 18.1. The number of ether oxygens (including phenoxy) is 1. The standard InChI is InChI=1S/C27H30N8O2/c1-17-11-20(12-19-15-30-33-26(17)19)31-24-14-25(29-16-28-24)34-8-6-21(7-9-34)35-10-5-18-13-22(37-2)3-4-23(18)32-27(35)36/h3-4,11-16,21H,5-10H2,1-2H3,(H,30,33)(H,32,36)(H,28,29,31). The lowest BCUT2D eigenvalue weighted by atomic mass is 10.0. The highest BCUT2D eigenvalue weighted by Crippen LogP contribution is 2.29. The lowest BCUT2D eigenvalue weighted by Crippen LogP contribution is -2.49. The Kier molecular flexibility index (Phi) is 5.99. The topological polar surface area (TPSA) is 111 Å². The second kappa shape index (κ2) is 9.61. The maximum Gasteiger partial charge on any atom is 0.322 e. The van der Waals surface area contributed by atoms with Gasteiger partial charge in [0, 0.05) is 48.5 Å². The van der Waals surface area contributed by atoms with E-state index in [1.54, 1.807) is 13.4 Å². The van der Waals surface area contributed by atoms with Crippen molar-refractivity contribution in [1.29, 1.82) is 0 Å². The van der Waals surface area contributed by atoms with Gasteiger partial charge in [-0.2, -0.15) is 5.10 Å². The molecular weight excluding hydrogens is 468 g/mol. The number of urea groups is 1. The molecule has 190 valence electrons. The number of rotatable bonds is 5. The predicted molar refractivity (Wildman–Crippen MR) is 144 cm³/mol. The highest BCUT2D eigenvalue weighted by molar-refractivity contribution is 5.91. The van der Waals surface area contributed by atoms with Crippen LogP contribution in [-0.2, 0) is 6.42 Å². The summed E-state index contributed by atoms with van der Waals surface area (Å²) in [5, 5.41) is 14.7. The molecule has 0 spiro atoms. The Bertz CT molecular complexity index is 1440. The average Bonchev–Trinajstić information content (AvgIpc) is 3.33. The third-order valence-electron chi connectivity index (χ3n) is 7.34. The van der Waals surface area contributed by atoms with Gasteiger partial charge >= 0.3 is 6.03 Å². The minimum atomic E-state index is -0.0271. The van der Waals surface area contributed by atoms with Crippen molar-refractivity contribution in [3.63, 3.8) is 0 Å². The molecule has 1 saturated heterocycles. The van der Waals surface area contributed by atoms with Gasteiger partial charge in [-0.1, -0.05) is 0 Å². The molecule has 10 heteroatoms. The van der Waals surface area contributed by atoms with Crippen molar-refractivity contribution in [3.8, 4) is 5.75 Å². The molecule has 2 amide bonds. The van der Waals surface area contributed by atoms with Gasteiger partial charge in [-0.25, -0.2) is 14.8 Å². The second-order valence-corrected chi connectivity index (χ2v) is 9.63. The van der Waals surface area contributed by atoms with Crippen LogP contribution in [0.4, 0.5) is 27.8 Å². The number of benzene rings is 2. The first-order valence-corrected chi connectivity index (χ1v) is 12.6. The number of fused-ring (bicyclic) bond motifs is 2. The highest BCUT2D eigenvalue weighted by atomic mass is 16.5. The molecule has 0 unspecified atom stereocenters. The van der Waals surface area contributed by atoms with E-state index >= 15 is 0 Å². The van der Waals surface area contributed by atoms with Crippen LogP contribution in [0.1, 0.15) is 24.0 Å². The summed E-state index contributed by atoms with van der Waals surface area (Å²) in [5.41, 5.74) is 5.09. The number of nitrogens with zero attached hydrogens (tertiary/aromatic N) is 5. The summed E-state index contributed by atoms with van der Waals surface area (Å²) < 4.78 is 5.35. The van der Waals surface area contributed by atoms with Gasteiger partial charge in [-0.3, -0.25) is 5.10 Å². The van der Waals surface area contributed by atoms with Crippen molar-refractivity contribution in [2.45, 2.75) is 32.2 Å². The number of aromatic amines is 1. The van der Waals surface area contributed by atoms with E-state index in [4.69, 9.17) is 4.74 Å². The Labute approximate surface area is 215 Å². The molecule has 0 radical (unpaired) electrons. The highest BCUT2D eigenvalue weighted by Gasteiger charge is 2.30. The number of aromatic nitrogens is 4. The Hall–Kier alpha value is -4.34. The summed E-state index contributed by atoms with van der Waals surface area (Å²) >= 11 is 0. The van der Waals surface area contributed by atoms with E-state index < -0.39 is 0 Å². The average molecular weight is 499 g/mol. The number of amides is 2. The molecule has 10 nitrogen and oxygen atoms in total. The molecule has 0 atom stereocenters. The lowest BCUT2D eigenvalue weighted by Gasteiger charge is -2.38. The van der Waals surface area contributed by atoms with Crippen molar-refractivity contribution in [2.75, 3.05) is 42.3 Å². The largest absolute Gasteiger partial charge is 0.497 e. The van der Waals surface area contributed by atoms with Gasteiger partial charge in [0.25, 0.3) is 0 Å². The molecule has 4 aromatic rings. The van der Waals surface area contributed by atoms with Gasteiger partial charge in [-0.05, 0) is 67.6 Å². The van der Waals surface area contributed by atoms with Crippen LogP contribution in [0.3, 0.4) is 0 Å². The fourth-order valence-electron chi connectivity index (χ4n) is 5.35. The molecule has 6 rings (SSSR count). The molecule has 2 aliphatic heterocycles. The summed E-state index contributed by atoms with van der Waals surface area (Å²) in [4.78, 5) is 26.2. The van der Waals surface area contributed by atoms with E-state index in [1.165, 1.54) is 0 Å². The van der Waals surface area contributed by atoms with Gasteiger partial charge in [0.15, 0.2) is 0 Å². The quantitative estimate of drug-likeness (QED) is 0.372. The summed E-state index contributed by atoms with van der Waals surface area (Å²) in [6, 6.07) is 12.1. The SMILES string of the molecule is COc1ccc2c(c1)CCN(C1CCN(c3cc(Nc4cc(C)c5[nH]ncc5c4)ncn3)CC1)C(=O)N2. The van der Waals surface area contributed by atoms with E-state index in [2.05, 4.69) is 54.8 Å². The van der Waals surface area contributed by atoms with Crippen molar-refractivity contribution in [2.24, 2.45) is 0 Å². The zero-order chi connectivity index (χ0) is 25.4. The van der Waals surface area contributed by atoms with Crippen LogP contribution < -0.4 is 20.3 Å². The molecule has 37 heavy (non-hydrogen) atoms. The molecule has 2 aromatic carbocycles. The Morgan fingerprint density at radius 3 is 2.78 bits per heavy atom. The fourth-order valence-corrected chi connectivity index (χ4v) is 5.35. The van der Waals surface area contributed by atoms with E-state index in [-0.39, 0.29) is 12.1 Å². The van der Waals surface area contributed by atoms with Crippen LogP contribution in [0.25, 0.3) is 10.9 Å². The predicted octanol–water partition coefficient (Wildman–Crippen LogP) is 4.47. The number of piperidine rings is 1. The normalized spacial score (nSPS) is 16.3. The molecule has 2 aromatic heterocycles. The fraction of sp³-hybridized carbons (Fsp3) is 0.333. The number of H-pyrrole nitrogens is 1. The monoisotopic (exact) mass is 498 g/mol. The van der Waals surface area contributed by atoms with Crippen molar-refractivity contribution in [3.05, 3.63) is 60.0 Å². The van der Waals surface area contributed by atoms with Gasteiger partial charge in [0.1, 0.15) is 23.7 Å². The molecule has 0 aliphatic carbocycles. The number of nitrogens with one attached hydrogen (secondary N) is 3. The van der Waals surface area contributed by atoms with E-state index in [0.717, 1.165) is 83.1 Å². The van der Waals surface area contributed by atoms with Gasteiger partial charge in [0.05, 0.1) is 18.8 Å². The van der Waals surface area contributed by atoms with E-state index in [1.807, 2.05) is 35.4 Å². The number of carbonyl (C=O) groups is 1. The summed E-state index contributed by atoms with van der Waals surface area (Å²) in [5.74, 6) is 2.44. The minimum absolute atomic E-state index is 0.0271. The smallest absolute Gasteiger partial charge is 0.322 e. The third-order valence-corrected chi connectivity index (χ3v) is 7.34. The van der Waals surface area contributed by atoms with Crippen molar-refractivity contribution in [1.82, 2.24) is 25.1 Å². The molecule has 3 N–H and O–H groups in total. The van der Waals surface area contributed by atoms with Crippen LogP contribution in [0, 0.1) is 6.92 Å². The van der Waals surface area contributed by atoms with Gasteiger partial charge in [0.2, 0.25) is 0 Å². The van der Waals surface area contributed by atoms with Crippen LogP contribution in [0.2, 0.25) is 0 Å². The number of hydrogen-bond donors (Lipinski definition) is 3. The molecule has 4 heterocycles. The van der Waals surface area contributed by atoms with E-state index in [9.17, 15) is 4.79 Å². The van der Waals surface area contributed by atoms with Gasteiger partial charge < -0.3 is 25.2 Å². The first kappa shape index (κ1) is 23.1. The maximum atomic E-state index is 13.0. The van der Waals surface area contributed by atoms with Crippen LogP contribution >= 0.6 is 0 Å². The number of hydrogen-bond acceptors (Lipinski definition) is 7. The summed E-state index contributed by atoms with van der Waals surface area (Å²) in [7, 11) is 1.66. The number of carbonyl (C=O) groups excluding carboxylic acids is 1. The second-order valence-electron chi connectivity index (χ2n) is 9.63. The number of methoxy groups -OCH3 is 1. The molecule has 2 aliphatic rings. The summed E-state index contributed by atoms with van der Waals surface area (Å²) in [6.07, 6.45) is 5.99. The maximum absolute atomic E-state index is 13.0.